The number of aliphatic carboxylic acids is 3. The highest BCUT2D eigenvalue weighted by Gasteiger charge is 2.43. The number of ether oxygens (including phenoxy) is 2. The Labute approximate surface area is 251 Å². The summed E-state index contributed by atoms with van der Waals surface area (Å²) in [4.78, 5) is 35.9. The van der Waals surface area contributed by atoms with Gasteiger partial charge in [0.25, 0.3) is 0 Å². The van der Waals surface area contributed by atoms with Crippen molar-refractivity contribution in [3.63, 3.8) is 0 Å². The van der Waals surface area contributed by atoms with Gasteiger partial charge in [-0.25, -0.2) is 14.4 Å². The molecule has 2 aliphatic rings. The van der Waals surface area contributed by atoms with E-state index in [4.69, 9.17) is 39.2 Å². The smallest absolute Gasteiger partial charge is 0.475 e. The zero-order valence-electron chi connectivity index (χ0n) is 24.0. The van der Waals surface area contributed by atoms with Crippen LogP contribution >= 0.6 is 0 Å². The van der Waals surface area contributed by atoms with Crippen LogP contribution in [0.5, 0.6) is 0 Å². The largest absolute Gasteiger partial charge is 0.490 e. The van der Waals surface area contributed by atoms with Gasteiger partial charge in [0.15, 0.2) is 0 Å². The molecule has 1 aromatic rings. The van der Waals surface area contributed by atoms with E-state index in [1.807, 2.05) is 24.5 Å². The standard InChI is InChI=1S/C19H31N3O2.3C2HF3O2/c1-3-21(4-2)11-12-22-13-14-23-18-6-5-17(22)19(18)24-15-16-7-9-20-10-8-16;3*3-2(4,5)1(6)7/h7-10,17-19H,3-6,11-15H2,1-2H3;3*(H,6,7). The third kappa shape index (κ3) is 17.2. The zero-order valence-corrected chi connectivity index (χ0v) is 24.0. The van der Waals surface area contributed by atoms with E-state index in [2.05, 4.69) is 28.6 Å². The molecule has 1 aliphatic carbocycles. The Bertz CT molecular complexity index is 967. The normalized spacial score (nSPS) is 20.0. The van der Waals surface area contributed by atoms with E-state index in [1.54, 1.807) is 0 Å². The second-order valence-corrected chi connectivity index (χ2v) is 9.16. The molecule has 1 saturated heterocycles. The van der Waals surface area contributed by atoms with Crippen molar-refractivity contribution in [2.24, 2.45) is 0 Å². The number of hydrogen-bond acceptors (Lipinski definition) is 8. The van der Waals surface area contributed by atoms with Gasteiger partial charge in [-0.05, 0) is 43.6 Å². The molecule has 2 heterocycles. The average Bonchev–Trinajstić information content (AvgIpc) is 3.24. The highest BCUT2D eigenvalue weighted by Crippen LogP contribution is 2.32. The van der Waals surface area contributed by atoms with E-state index in [9.17, 15) is 39.5 Å². The molecule has 3 rings (SSSR count). The molecule has 3 N–H and O–H groups in total. The number of aromatic nitrogens is 1. The molecular formula is C25H34F9N3O8. The fourth-order valence-electron chi connectivity index (χ4n) is 3.94. The Morgan fingerprint density at radius 3 is 1.73 bits per heavy atom. The summed E-state index contributed by atoms with van der Waals surface area (Å²) in [7, 11) is 0. The van der Waals surface area contributed by atoms with E-state index in [-0.39, 0.29) is 12.2 Å². The lowest BCUT2D eigenvalue weighted by atomic mass is 10.1. The van der Waals surface area contributed by atoms with Crippen LogP contribution in [0.15, 0.2) is 24.5 Å². The first-order chi connectivity index (χ1) is 20.6. The van der Waals surface area contributed by atoms with Gasteiger partial charge < -0.3 is 29.7 Å². The Hall–Kier alpha value is -3.23. The van der Waals surface area contributed by atoms with Crippen molar-refractivity contribution in [3.8, 4) is 0 Å². The van der Waals surface area contributed by atoms with Crippen molar-refractivity contribution >= 4 is 17.9 Å². The van der Waals surface area contributed by atoms with Crippen LogP contribution in [0.4, 0.5) is 39.5 Å². The number of carboxylic acid groups (broad SMARTS) is 3. The second kappa shape index (κ2) is 19.3. The maximum absolute atomic E-state index is 10.6. The minimum absolute atomic E-state index is 0.192. The summed E-state index contributed by atoms with van der Waals surface area (Å²) in [6.07, 6.45) is -8.84. The first-order valence-corrected chi connectivity index (χ1v) is 13.1. The molecule has 20 heteroatoms. The van der Waals surface area contributed by atoms with Crippen molar-refractivity contribution in [2.75, 3.05) is 39.3 Å². The number of hydrogen-bond donors (Lipinski definition) is 3. The van der Waals surface area contributed by atoms with Crippen LogP contribution in [-0.4, -0.2) is 124 Å². The molecule has 11 nitrogen and oxygen atoms in total. The molecule has 3 unspecified atom stereocenters. The van der Waals surface area contributed by atoms with Gasteiger partial charge in [-0.3, -0.25) is 9.88 Å². The van der Waals surface area contributed by atoms with Crippen molar-refractivity contribution in [1.82, 2.24) is 14.8 Å². The van der Waals surface area contributed by atoms with Gasteiger partial charge in [-0.1, -0.05) is 13.8 Å². The fraction of sp³-hybridized carbons (Fsp3) is 0.680. The van der Waals surface area contributed by atoms with Crippen LogP contribution in [0, 0.1) is 0 Å². The van der Waals surface area contributed by atoms with Crippen molar-refractivity contribution in [2.45, 2.75) is 70.1 Å². The Balaban J connectivity index is 0.000000753. The Morgan fingerprint density at radius 1 is 0.889 bits per heavy atom. The van der Waals surface area contributed by atoms with Gasteiger partial charge in [-0.2, -0.15) is 39.5 Å². The van der Waals surface area contributed by atoms with E-state index >= 15 is 0 Å². The summed E-state index contributed by atoms with van der Waals surface area (Å²) >= 11 is 0. The molecule has 1 saturated carbocycles. The third-order valence-corrected chi connectivity index (χ3v) is 6.19. The minimum atomic E-state index is -5.08. The molecule has 1 aliphatic heterocycles. The lowest BCUT2D eigenvalue weighted by Crippen LogP contribution is -2.46. The highest BCUT2D eigenvalue weighted by atomic mass is 19.4. The van der Waals surface area contributed by atoms with Crippen LogP contribution in [0.1, 0.15) is 32.3 Å². The van der Waals surface area contributed by atoms with E-state index < -0.39 is 36.4 Å². The van der Waals surface area contributed by atoms with Crippen molar-refractivity contribution in [3.05, 3.63) is 30.1 Å². The number of carboxylic acids is 3. The van der Waals surface area contributed by atoms with Gasteiger partial charge >= 0.3 is 36.4 Å². The van der Waals surface area contributed by atoms with Gasteiger partial charge in [0.05, 0.1) is 25.4 Å². The zero-order chi connectivity index (χ0) is 35.0. The number of halogens is 9. The molecule has 0 spiro atoms. The van der Waals surface area contributed by atoms with Crippen LogP contribution in [0.25, 0.3) is 0 Å². The van der Waals surface area contributed by atoms with E-state index in [0.29, 0.717) is 12.6 Å². The third-order valence-electron chi connectivity index (χ3n) is 6.19. The average molecular weight is 676 g/mol. The number of carbonyl (C=O) groups is 3. The highest BCUT2D eigenvalue weighted by molar-refractivity contribution is 5.73. The summed E-state index contributed by atoms with van der Waals surface area (Å²) in [5, 5.41) is 21.4. The molecule has 260 valence electrons. The summed E-state index contributed by atoms with van der Waals surface area (Å²) in [6, 6.07) is 4.55. The molecule has 0 aromatic carbocycles. The first kappa shape index (κ1) is 41.8. The van der Waals surface area contributed by atoms with Crippen molar-refractivity contribution < 1.29 is 78.7 Å². The number of fused-ring (bicyclic) bond motifs is 2. The number of rotatable bonds is 8. The predicted molar refractivity (Wildman–Crippen MR) is 136 cm³/mol. The fourth-order valence-corrected chi connectivity index (χ4v) is 3.94. The SMILES string of the molecule is CCN(CC)CCN1CCOC2CCC1C2OCc1ccncc1.O=C(O)C(F)(F)F.O=C(O)C(F)(F)F.O=C(O)C(F)(F)F. The minimum Gasteiger partial charge on any atom is -0.475 e. The van der Waals surface area contributed by atoms with Gasteiger partial charge in [0.2, 0.25) is 0 Å². The lowest BCUT2D eigenvalue weighted by Gasteiger charge is -2.32. The predicted octanol–water partition coefficient (Wildman–Crippen LogP) is 4.07. The topological polar surface area (TPSA) is 150 Å². The molecule has 1 aromatic heterocycles. The maximum atomic E-state index is 10.6. The quantitative estimate of drug-likeness (QED) is 0.343. The van der Waals surface area contributed by atoms with Crippen LogP contribution in [0.3, 0.4) is 0 Å². The van der Waals surface area contributed by atoms with Gasteiger partial charge in [-0.15, -0.1) is 0 Å². The summed E-state index contributed by atoms with van der Waals surface area (Å²) in [5.41, 5.74) is 1.18. The molecule has 0 radical (unpaired) electrons. The second-order valence-electron chi connectivity index (χ2n) is 9.16. The number of pyridine rings is 1. The Morgan fingerprint density at radius 2 is 1.33 bits per heavy atom. The number of likely N-dealkylation sites (N-methyl/N-ethyl adjacent to an activating group) is 1. The van der Waals surface area contributed by atoms with E-state index in [1.165, 1.54) is 12.0 Å². The number of alkyl halides is 9. The first-order valence-electron chi connectivity index (χ1n) is 13.1. The summed E-state index contributed by atoms with van der Waals surface area (Å²) < 4.78 is 108. The summed E-state index contributed by atoms with van der Waals surface area (Å²) in [5.74, 6) is -8.27. The molecular weight excluding hydrogens is 641 g/mol. The van der Waals surface area contributed by atoms with Crippen LogP contribution in [0.2, 0.25) is 0 Å². The van der Waals surface area contributed by atoms with Gasteiger partial charge in [0, 0.05) is 38.1 Å². The van der Waals surface area contributed by atoms with Crippen LogP contribution in [-0.2, 0) is 30.5 Å². The monoisotopic (exact) mass is 675 g/mol. The molecule has 2 fully saturated rings. The molecule has 3 atom stereocenters. The van der Waals surface area contributed by atoms with E-state index in [0.717, 1.165) is 45.8 Å². The number of nitrogens with zero attached hydrogens (tertiary/aromatic N) is 3. The summed E-state index contributed by atoms with van der Waals surface area (Å²) in [6.45, 7) is 11.5. The maximum Gasteiger partial charge on any atom is 0.490 e. The van der Waals surface area contributed by atoms with Gasteiger partial charge in [0.1, 0.15) is 0 Å². The Kier molecular flexibility index (Phi) is 17.9. The van der Waals surface area contributed by atoms with Crippen LogP contribution < -0.4 is 0 Å². The lowest BCUT2D eigenvalue weighted by molar-refractivity contribution is -0.193. The molecule has 2 bridgehead atoms. The van der Waals surface area contributed by atoms with Crippen molar-refractivity contribution in [1.29, 1.82) is 0 Å². The molecule has 0 amide bonds. The molecule has 45 heavy (non-hydrogen) atoms.